The summed E-state index contributed by atoms with van der Waals surface area (Å²) in [6, 6.07) is 9.67. The first kappa shape index (κ1) is 14.4. The van der Waals surface area contributed by atoms with E-state index < -0.39 is 0 Å². The Hall–Kier alpha value is -2.50. The zero-order chi connectivity index (χ0) is 15.5. The molecule has 3 rings (SSSR count). The van der Waals surface area contributed by atoms with Crippen LogP contribution in [0.3, 0.4) is 0 Å². The van der Waals surface area contributed by atoms with E-state index in [4.69, 9.17) is 9.26 Å². The van der Waals surface area contributed by atoms with Gasteiger partial charge in [-0.05, 0) is 25.0 Å². The first-order chi connectivity index (χ1) is 10.7. The number of carbonyl (C=O) groups is 1. The predicted molar refractivity (Wildman–Crippen MR) is 80.8 cm³/mol. The molecule has 1 aromatic heterocycles. The number of rotatable bonds is 5. The number of nitrogens with zero attached hydrogens (tertiary/aromatic N) is 1. The van der Waals surface area contributed by atoms with E-state index in [0.717, 1.165) is 23.5 Å². The maximum absolute atomic E-state index is 11.9. The molecule has 2 aromatic rings. The third-order valence-corrected chi connectivity index (χ3v) is 3.75. The molecule has 116 valence electrons. The van der Waals surface area contributed by atoms with E-state index in [2.05, 4.69) is 15.8 Å². The van der Waals surface area contributed by atoms with Gasteiger partial charge in [0.25, 0.3) is 0 Å². The Morgan fingerprint density at radius 3 is 3.00 bits per heavy atom. The van der Waals surface area contributed by atoms with Crippen molar-refractivity contribution >= 4 is 6.03 Å². The molecule has 0 radical (unpaired) electrons. The first-order valence-electron chi connectivity index (χ1n) is 7.27. The minimum atomic E-state index is -0.192. The Bertz CT molecular complexity index is 668. The molecule has 0 unspecified atom stereocenters. The summed E-state index contributed by atoms with van der Waals surface area (Å²) < 4.78 is 10.3. The molecule has 1 aromatic carbocycles. The Morgan fingerprint density at radius 2 is 2.27 bits per heavy atom. The van der Waals surface area contributed by atoms with Crippen LogP contribution in [0.5, 0.6) is 5.75 Å². The van der Waals surface area contributed by atoms with E-state index in [1.54, 1.807) is 13.2 Å². The van der Waals surface area contributed by atoms with Crippen LogP contribution in [0.15, 0.2) is 34.9 Å². The summed E-state index contributed by atoms with van der Waals surface area (Å²) >= 11 is 0. The SMILES string of the molecule is COc1ccccc1[C@H]1C[C@@H]1NC(=O)NCc1cc(C)on1. The molecule has 2 atom stereocenters. The Morgan fingerprint density at radius 1 is 1.45 bits per heavy atom. The van der Waals surface area contributed by atoms with Gasteiger partial charge < -0.3 is 19.9 Å². The normalized spacial score (nSPS) is 19.5. The average Bonchev–Trinajstić information content (AvgIpc) is 3.16. The monoisotopic (exact) mass is 301 g/mol. The van der Waals surface area contributed by atoms with Crippen LogP contribution in [-0.4, -0.2) is 24.3 Å². The second-order valence-electron chi connectivity index (χ2n) is 5.45. The molecule has 6 nitrogen and oxygen atoms in total. The van der Waals surface area contributed by atoms with Crippen LogP contribution in [0.25, 0.3) is 0 Å². The average molecular weight is 301 g/mol. The van der Waals surface area contributed by atoms with Crippen LogP contribution in [-0.2, 0) is 6.54 Å². The van der Waals surface area contributed by atoms with Gasteiger partial charge in [-0.25, -0.2) is 4.79 Å². The van der Waals surface area contributed by atoms with E-state index in [1.807, 2.05) is 31.2 Å². The maximum atomic E-state index is 11.9. The van der Waals surface area contributed by atoms with E-state index in [-0.39, 0.29) is 12.1 Å². The van der Waals surface area contributed by atoms with Crippen molar-refractivity contribution < 1.29 is 14.1 Å². The number of para-hydroxylation sites is 1. The molecule has 2 amide bonds. The molecule has 22 heavy (non-hydrogen) atoms. The molecule has 0 saturated heterocycles. The van der Waals surface area contributed by atoms with Gasteiger partial charge >= 0.3 is 6.03 Å². The molecule has 2 N–H and O–H groups in total. The summed E-state index contributed by atoms with van der Waals surface area (Å²) in [7, 11) is 1.66. The highest BCUT2D eigenvalue weighted by molar-refractivity contribution is 5.75. The van der Waals surface area contributed by atoms with Gasteiger partial charge in [-0.3, -0.25) is 0 Å². The van der Waals surface area contributed by atoms with Crippen molar-refractivity contribution in [1.82, 2.24) is 15.8 Å². The van der Waals surface area contributed by atoms with Crippen molar-refractivity contribution in [3.8, 4) is 5.75 Å². The van der Waals surface area contributed by atoms with Gasteiger partial charge in [-0.2, -0.15) is 0 Å². The number of nitrogens with one attached hydrogen (secondary N) is 2. The third-order valence-electron chi connectivity index (χ3n) is 3.75. The van der Waals surface area contributed by atoms with Crippen molar-refractivity contribution in [2.24, 2.45) is 0 Å². The summed E-state index contributed by atoms with van der Waals surface area (Å²) in [6.07, 6.45) is 0.927. The molecule has 1 heterocycles. The molecule has 1 aliphatic carbocycles. The molecule has 6 heteroatoms. The van der Waals surface area contributed by atoms with Gasteiger partial charge in [0.1, 0.15) is 17.2 Å². The van der Waals surface area contributed by atoms with Crippen LogP contribution in [0, 0.1) is 6.92 Å². The number of urea groups is 1. The highest BCUT2D eigenvalue weighted by Gasteiger charge is 2.41. The second kappa shape index (κ2) is 6.09. The molecule has 1 fully saturated rings. The standard InChI is InChI=1S/C16H19N3O3/c1-10-7-11(19-22-10)9-17-16(20)18-14-8-13(14)12-5-3-4-6-15(12)21-2/h3-7,13-14H,8-9H2,1-2H3,(H2,17,18,20)/t13-,14+/m1/s1. The van der Waals surface area contributed by atoms with Crippen LogP contribution in [0.4, 0.5) is 4.79 Å². The largest absolute Gasteiger partial charge is 0.496 e. The number of aryl methyl sites for hydroxylation is 1. The van der Waals surface area contributed by atoms with Crippen LogP contribution in [0.2, 0.25) is 0 Å². The third kappa shape index (κ3) is 3.21. The first-order valence-corrected chi connectivity index (χ1v) is 7.27. The highest BCUT2D eigenvalue weighted by Crippen LogP contribution is 2.44. The summed E-state index contributed by atoms with van der Waals surface area (Å²) in [4.78, 5) is 11.9. The number of benzene rings is 1. The molecular formula is C16H19N3O3. The summed E-state index contributed by atoms with van der Waals surface area (Å²) in [5, 5.41) is 9.58. The zero-order valence-corrected chi connectivity index (χ0v) is 12.6. The lowest BCUT2D eigenvalue weighted by atomic mass is 10.1. The number of carbonyl (C=O) groups excluding carboxylic acids is 1. The minimum Gasteiger partial charge on any atom is -0.496 e. The van der Waals surface area contributed by atoms with Crippen molar-refractivity contribution in [3.63, 3.8) is 0 Å². The van der Waals surface area contributed by atoms with Crippen LogP contribution < -0.4 is 15.4 Å². The molecule has 1 saturated carbocycles. The van der Waals surface area contributed by atoms with Crippen molar-refractivity contribution in [1.29, 1.82) is 0 Å². The van der Waals surface area contributed by atoms with Crippen molar-refractivity contribution in [2.75, 3.05) is 7.11 Å². The van der Waals surface area contributed by atoms with Gasteiger partial charge in [0.15, 0.2) is 0 Å². The van der Waals surface area contributed by atoms with E-state index >= 15 is 0 Å². The van der Waals surface area contributed by atoms with Gasteiger partial charge in [0.2, 0.25) is 0 Å². The molecule has 0 spiro atoms. The predicted octanol–water partition coefficient (Wildman–Crippen LogP) is 2.35. The Kier molecular flexibility index (Phi) is 4.00. The molecule has 1 aliphatic rings. The number of aromatic nitrogens is 1. The summed E-state index contributed by atoms with van der Waals surface area (Å²) in [5.41, 5.74) is 1.85. The Labute approximate surface area is 128 Å². The number of methoxy groups -OCH3 is 1. The molecule has 0 aliphatic heterocycles. The summed E-state index contributed by atoms with van der Waals surface area (Å²) in [5.74, 6) is 1.92. The van der Waals surface area contributed by atoms with Gasteiger partial charge in [0.05, 0.1) is 13.7 Å². The maximum Gasteiger partial charge on any atom is 0.315 e. The smallest absolute Gasteiger partial charge is 0.315 e. The number of hydrogen-bond acceptors (Lipinski definition) is 4. The van der Waals surface area contributed by atoms with Crippen LogP contribution >= 0.6 is 0 Å². The van der Waals surface area contributed by atoms with Gasteiger partial charge in [-0.1, -0.05) is 23.4 Å². The fourth-order valence-electron chi connectivity index (χ4n) is 2.56. The fraction of sp³-hybridized carbons (Fsp3) is 0.375. The number of hydrogen-bond donors (Lipinski definition) is 2. The van der Waals surface area contributed by atoms with E-state index in [1.165, 1.54) is 0 Å². The zero-order valence-electron chi connectivity index (χ0n) is 12.6. The number of amides is 2. The van der Waals surface area contributed by atoms with Crippen molar-refractivity contribution in [2.45, 2.75) is 31.8 Å². The highest BCUT2D eigenvalue weighted by atomic mass is 16.5. The summed E-state index contributed by atoms with van der Waals surface area (Å²) in [6.45, 7) is 2.17. The van der Waals surface area contributed by atoms with Crippen LogP contribution in [0.1, 0.15) is 29.4 Å². The quantitative estimate of drug-likeness (QED) is 0.888. The lowest BCUT2D eigenvalue weighted by Crippen LogP contribution is -2.37. The van der Waals surface area contributed by atoms with Crippen molar-refractivity contribution in [3.05, 3.63) is 47.3 Å². The molecular weight excluding hydrogens is 282 g/mol. The minimum absolute atomic E-state index is 0.148. The second-order valence-corrected chi connectivity index (χ2v) is 5.45. The Balaban J connectivity index is 1.49. The fourth-order valence-corrected chi connectivity index (χ4v) is 2.56. The van der Waals surface area contributed by atoms with E-state index in [9.17, 15) is 4.79 Å². The number of ether oxygens (including phenoxy) is 1. The lowest BCUT2D eigenvalue weighted by Gasteiger charge is -2.09. The van der Waals surface area contributed by atoms with Gasteiger partial charge in [-0.15, -0.1) is 0 Å². The van der Waals surface area contributed by atoms with E-state index in [0.29, 0.717) is 18.2 Å². The lowest BCUT2D eigenvalue weighted by molar-refractivity contribution is 0.239. The topological polar surface area (TPSA) is 76.4 Å². The molecule has 0 bridgehead atoms. The van der Waals surface area contributed by atoms with Gasteiger partial charge in [0, 0.05) is 18.0 Å².